The highest BCUT2D eigenvalue weighted by atomic mass is 16.6. The van der Waals surface area contributed by atoms with E-state index in [4.69, 9.17) is 14.2 Å². The third kappa shape index (κ3) is 35.9. The van der Waals surface area contributed by atoms with Crippen molar-refractivity contribution in [3.63, 3.8) is 0 Å². The molecule has 0 aliphatic carbocycles. The molecule has 0 heterocycles. The van der Waals surface area contributed by atoms with Crippen molar-refractivity contribution in [3.05, 3.63) is 85.1 Å². The van der Waals surface area contributed by atoms with E-state index in [-0.39, 0.29) is 31.6 Å². The lowest BCUT2D eigenvalue weighted by molar-refractivity contribution is -0.166. The third-order valence-corrected chi connectivity index (χ3v) is 7.65. The lowest BCUT2D eigenvalue weighted by atomic mass is 10.1. The van der Waals surface area contributed by atoms with Crippen molar-refractivity contribution in [2.24, 2.45) is 0 Å². The van der Waals surface area contributed by atoms with Crippen molar-refractivity contribution in [3.8, 4) is 0 Å². The molecule has 6 heteroatoms. The van der Waals surface area contributed by atoms with Gasteiger partial charge in [-0.05, 0) is 83.5 Å². The highest BCUT2D eigenvalue weighted by molar-refractivity contribution is 5.72. The van der Waals surface area contributed by atoms with Crippen molar-refractivity contribution in [1.29, 1.82) is 0 Å². The SMILES string of the molecule is CC/C=C\C/C=C\C/C=C\CCCCC(=O)OCC(COC(=O)C/C=C\C/C=C\C/C=C\CC)OC(=O)CCCCCCC/C=C\CCCC. The van der Waals surface area contributed by atoms with E-state index >= 15 is 0 Å². The Morgan fingerprint density at radius 1 is 0.440 bits per heavy atom. The van der Waals surface area contributed by atoms with Gasteiger partial charge in [-0.1, -0.05) is 138 Å². The highest BCUT2D eigenvalue weighted by Crippen LogP contribution is 2.11. The zero-order valence-corrected chi connectivity index (χ0v) is 31.9. The van der Waals surface area contributed by atoms with Crippen LogP contribution in [-0.4, -0.2) is 37.2 Å². The number of allylic oxidation sites excluding steroid dienone is 13. The first-order valence-corrected chi connectivity index (χ1v) is 19.6. The van der Waals surface area contributed by atoms with Gasteiger partial charge in [0.15, 0.2) is 6.10 Å². The molecule has 50 heavy (non-hydrogen) atoms. The van der Waals surface area contributed by atoms with Crippen molar-refractivity contribution < 1.29 is 28.6 Å². The predicted molar refractivity (Wildman–Crippen MR) is 210 cm³/mol. The fraction of sp³-hybridized carbons (Fsp3) is 0.614. The molecule has 282 valence electrons. The number of rotatable bonds is 33. The van der Waals surface area contributed by atoms with Gasteiger partial charge in [-0.25, -0.2) is 0 Å². The van der Waals surface area contributed by atoms with Gasteiger partial charge in [0, 0.05) is 12.8 Å². The van der Waals surface area contributed by atoms with Crippen LogP contribution in [0.2, 0.25) is 0 Å². The van der Waals surface area contributed by atoms with Crippen molar-refractivity contribution in [2.75, 3.05) is 13.2 Å². The molecule has 6 nitrogen and oxygen atoms in total. The summed E-state index contributed by atoms with van der Waals surface area (Å²) in [6.07, 6.45) is 47.5. The third-order valence-electron chi connectivity index (χ3n) is 7.65. The molecule has 1 unspecified atom stereocenters. The summed E-state index contributed by atoms with van der Waals surface area (Å²) in [5.74, 6) is -1.12. The number of carbonyl (C=O) groups excluding carboxylic acids is 3. The number of carbonyl (C=O) groups is 3. The monoisotopic (exact) mass is 695 g/mol. The fourth-order valence-corrected chi connectivity index (χ4v) is 4.73. The van der Waals surface area contributed by atoms with Gasteiger partial charge in [0.1, 0.15) is 13.2 Å². The zero-order valence-electron chi connectivity index (χ0n) is 31.9. The minimum absolute atomic E-state index is 0.125. The van der Waals surface area contributed by atoms with Gasteiger partial charge in [0.05, 0.1) is 6.42 Å². The predicted octanol–water partition coefficient (Wildman–Crippen LogP) is 12.1. The molecule has 0 rings (SSSR count). The molecule has 0 aromatic carbocycles. The van der Waals surface area contributed by atoms with E-state index in [9.17, 15) is 14.4 Å². The molecule has 0 saturated heterocycles. The standard InChI is InChI=1S/C44H70O6/c1-4-7-10-13-16-19-21-23-25-28-31-34-37-43(46)49-40-41(39-48-42(45)36-33-30-27-24-18-15-12-9-6-3)50-44(47)38-35-32-29-26-22-20-17-14-11-8-5-2/h7,9-10,12,14,16-19,23-25,30,33,41H,4-6,8,11,13,15,20-22,26-29,31-32,34-40H2,1-3H3/b10-7-,12-9-,17-14-,19-16-,24-18-,25-23-,33-30-. The van der Waals surface area contributed by atoms with Crippen molar-refractivity contribution in [1.82, 2.24) is 0 Å². The molecule has 0 spiro atoms. The second kappa shape index (κ2) is 38.4. The van der Waals surface area contributed by atoms with E-state index in [1.54, 1.807) is 6.08 Å². The maximum Gasteiger partial charge on any atom is 0.309 e. The molecular weight excluding hydrogens is 624 g/mol. The van der Waals surface area contributed by atoms with Crippen LogP contribution in [0.1, 0.15) is 156 Å². The normalized spacial score (nSPS) is 12.9. The van der Waals surface area contributed by atoms with Gasteiger partial charge >= 0.3 is 17.9 Å². The Balaban J connectivity index is 4.56. The number of hydrogen-bond donors (Lipinski definition) is 0. The highest BCUT2D eigenvalue weighted by Gasteiger charge is 2.19. The van der Waals surface area contributed by atoms with E-state index in [0.717, 1.165) is 83.5 Å². The Bertz CT molecular complexity index is 1030. The summed E-state index contributed by atoms with van der Waals surface area (Å²) >= 11 is 0. The van der Waals surface area contributed by atoms with Crippen LogP contribution in [0.25, 0.3) is 0 Å². The molecule has 0 aliphatic rings. The second-order valence-electron chi connectivity index (χ2n) is 12.4. The van der Waals surface area contributed by atoms with Crippen molar-refractivity contribution >= 4 is 17.9 Å². The Morgan fingerprint density at radius 2 is 0.860 bits per heavy atom. The van der Waals surface area contributed by atoms with Gasteiger partial charge in [0.2, 0.25) is 0 Å². The molecule has 0 bridgehead atoms. The largest absolute Gasteiger partial charge is 0.462 e. The Kier molecular flexibility index (Phi) is 35.8. The minimum atomic E-state index is -0.827. The molecule has 0 aromatic heterocycles. The summed E-state index contributed by atoms with van der Waals surface area (Å²) in [5.41, 5.74) is 0. The van der Waals surface area contributed by atoms with E-state index in [1.165, 1.54) is 25.7 Å². The summed E-state index contributed by atoms with van der Waals surface area (Å²) in [6, 6.07) is 0. The topological polar surface area (TPSA) is 78.9 Å². The van der Waals surface area contributed by atoms with Crippen LogP contribution in [0.4, 0.5) is 0 Å². The summed E-state index contributed by atoms with van der Waals surface area (Å²) in [7, 11) is 0. The van der Waals surface area contributed by atoms with E-state index in [0.29, 0.717) is 19.3 Å². The molecule has 0 radical (unpaired) electrons. The molecule has 0 N–H and O–H groups in total. The average molecular weight is 695 g/mol. The first-order chi connectivity index (χ1) is 24.5. The zero-order chi connectivity index (χ0) is 36.6. The van der Waals surface area contributed by atoms with E-state index in [1.807, 2.05) is 6.08 Å². The Labute approximate surface area is 305 Å². The van der Waals surface area contributed by atoms with Gasteiger partial charge < -0.3 is 14.2 Å². The average Bonchev–Trinajstić information content (AvgIpc) is 3.11. The maximum atomic E-state index is 12.6. The van der Waals surface area contributed by atoms with Crippen LogP contribution in [0.3, 0.4) is 0 Å². The summed E-state index contributed by atoms with van der Waals surface area (Å²) in [4.78, 5) is 37.4. The first kappa shape index (κ1) is 46.6. The summed E-state index contributed by atoms with van der Waals surface area (Å²) in [5, 5.41) is 0. The first-order valence-electron chi connectivity index (χ1n) is 19.6. The van der Waals surface area contributed by atoms with Crippen LogP contribution in [-0.2, 0) is 28.6 Å². The van der Waals surface area contributed by atoms with Gasteiger partial charge in [-0.2, -0.15) is 0 Å². The summed E-state index contributed by atoms with van der Waals surface area (Å²) in [6.45, 7) is 6.17. The quantitative estimate of drug-likeness (QED) is 0.0294. The van der Waals surface area contributed by atoms with Gasteiger partial charge in [-0.3, -0.25) is 14.4 Å². The molecule has 1 atom stereocenters. The van der Waals surface area contributed by atoms with Crippen LogP contribution in [0.5, 0.6) is 0 Å². The number of esters is 3. The van der Waals surface area contributed by atoms with Crippen LogP contribution in [0, 0.1) is 0 Å². The van der Waals surface area contributed by atoms with Crippen LogP contribution >= 0.6 is 0 Å². The summed E-state index contributed by atoms with van der Waals surface area (Å²) < 4.78 is 16.4. The molecule has 0 amide bonds. The molecule has 0 aliphatic heterocycles. The van der Waals surface area contributed by atoms with Gasteiger partial charge in [-0.15, -0.1) is 0 Å². The Hall–Kier alpha value is -3.41. The molecule has 0 saturated carbocycles. The fourth-order valence-electron chi connectivity index (χ4n) is 4.73. The minimum Gasteiger partial charge on any atom is -0.462 e. The lowest BCUT2D eigenvalue weighted by Crippen LogP contribution is -2.30. The van der Waals surface area contributed by atoms with Gasteiger partial charge in [0.25, 0.3) is 0 Å². The lowest BCUT2D eigenvalue weighted by Gasteiger charge is -2.18. The second-order valence-corrected chi connectivity index (χ2v) is 12.4. The van der Waals surface area contributed by atoms with Crippen LogP contribution in [0.15, 0.2) is 85.1 Å². The number of ether oxygens (including phenoxy) is 3. The molecular formula is C44H70O6. The van der Waals surface area contributed by atoms with Crippen LogP contribution < -0.4 is 0 Å². The number of unbranched alkanes of at least 4 members (excludes halogenated alkanes) is 9. The molecule has 0 aromatic rings. The van der Waals surface area contributed by atoms with E-state index < -0.39 is 12.1 Å². The smallest absolute Gasteiger partial charge is 0.309 e. The Morgan fingerprint density at radius 3 is 1.46 bits per heavy atom. The van der Waals surface area contributed by atoms with Crippen molar-refractivity contribution in [2.45, 2.75) is 162 Å². The van der Waals surface area contributed by atoms with E-state index in [2.05, 4.69) is 93.7 Å². The number of hydrogen-bond acceptors (Lipinski definition) is 6. The maximum absolute atomic E-state index is 12.6. The molecule has 0 fully saturated rings.